The first-order chi connectivity index (χ1) is 11.7. The van der Waals surface area contributed by atoms with Crippen molar-refractivity contribution in [3.8, 4) is 11.5 Å². The minimum absolute atomic E-state index is 0.0407. The Morgan fingerprint density at radius 3 is 2.71 bits per heavy atom. The molecule has 3 rings (SSSR count). The molecule has 2 heterocycles. The van der Waals surface area contributed by atoms with Crippen LogP contribution in [0.5, 0.6) is 0 Å². The van der Waals surface area contributed by atoms with Gasteiger partial charge in [-0.25, -0.2) is 4.98 Å². The summed E-state index contributed by atoms with van der Waals surface area (Å²) in [5.41, 5.74) is 2.65. The Morgan fingerprint density at radius 1 is 1.17 bits per heavy atom. The Morgan fingerprint density at radius 2 is 1.96 bits per heavy atom. The third kappa shape index (κ3) is 3.57. The molecule has 0 fully saturated rings. The number of esters is 1. The molecule has 0 aliphatic heterocycles. The number of hydrogen-bond donors (Lipinski definition) is 1. The largest absolute Gasteiger partial charge is 0.469 e. The van der Waals surface area contributed by atoms with Crippen LogP contribution in [0.3, 0.4) is 0 Å². The first kappa shape index (κ1) is 15.7. The Labute approximate surface area is 137 Å². The van der Waals surface area contributed by atoms with Crippen LogP contribution in [-0.4, -0.2) is 29.0 Å². The molecule has 1 aromatic carbocycles. The molecule has 0 unspecified atom stereocenters. The van der Waals surface area contributed by atoms with E-state index in [1.165, 1.54) is 7.11 Å². The molecule has 0 spiro atoms. The van der Waals surface area contributed by atoms with E-state index in [1.807, 2.05) is 0 Å². The molecular formula is C17H15N3O4. The number of fused-ring (bicyclic) bond motifs is 1. The molecule has 122 valence electrons. The molecule has 24 heavy (non-hydrogen) atoms. The van der Waals surface area contributed by atoms with Gasteiger partial charge in [0, 0.05) is 36.1 Å². The number of aromatic nitrogens is 2. The van der Waals surface area contributed by atoms with Gasteiger partial charge < -0.3 is 14.5 Å². The van der Waals surface area contributed by atoms with Crippen molar-refractivity contribution in [2.24, 2.45) is 0 Å². The molecule has 1 N–H and O–H groups in total. The maximum Gasteiger partial charge on any atom is 0.306 e. The van der Waals surface area contributed by atoms with Gasteiger partial charge in [0.05, 0.1) is 13.5 Å². The zero-order valence-corrected chi connectivity index (χ0v) is 13.0. The summed E-state index contributed by atoms with van der Waals surface area (Å²) in [6.07, 6.45) is 3.43. The summed E-state index contributed by atoms with van der Waals surface area (Å²) in [6.45, 7) is 0. The van der Waals surface area contributed by atoms with Crippen LogP contribution in [0.2, 0.25) is 0 Å². The molecule has 0 aliphatic rings. The number of anilines is 1. The predicted molar refractivity (Wildman–Crippen MR) is 87.1 cm³/mol. The molecule has 0 saturated carbocycles. The third-order valence-corrected chi connectivity index (χ3v) is 3.38. The molecule has 0 aliphatic carbocycles. The van der Waals surface area contributed by atoms with Crippen LogP contribution in [0.1, 0.15) is 12.8 Å². The van der Waals surface area contributed by atoms with E-state index in [4.69, 9.17) is 4.42 Å². The zero-order valence-electron chi connectivity index (χ0n) is 13.0. The highest BCUT2D eigenvalue weighted by Gasteiger charge is 2.11. The Kier molecular flexibility index (Phi) is 4.51. The van der Waals surface area contributed by atoms with Gasteiger partial charge in [-0.1, -0.05) is 0 Å². The molecule has 0 saturated heterocycles. The molecule has 1 amide bonds. The van der Waals surface area contributed by atoms with Crippen LogP contribution in [0.15, 0.2) is 47.1 Å². The number of nitrogens with zero attached hydrogens (tertiary/aromatic N) is 2. The van der Waals surface area contributed by atoms with Gasteiger partial charge in [-0.05, 0) is 24.3 Å². The van der Waals surface area contributed by atoms with Crippen molar-refractivity contribution in [1.29, 1.82) is 0 Å². The summed E-state index contributed by atoms with van der Waals surface area (Å²) in [4.78, 5) is 31.2. The van der Waals surface area contributed by atoms with Gasteiger partial charge in [0.2, 0.25) is 11.8 Å². The highest BCUT2D eigenvalue weighted by Crippen LogP contribution is 2.26. The smallest absolute Gasteiger partial charge is 0.306 e. The number of amides is 1. The van der Waals surface area contributed by atoms with E-state index in [1.54, 1.807) is 42.7 Å². The minimum Gasteiger partial charge on any atom is -0.469 e. The number of ether oxygens (including phenoxy) is 1. The fourth-order valence-electron chi connectivity index (χ4n) is 2.16. The number of carbonyl (C=O) groups is 2. The van der Waals surface area contributed by atoms with E-state index in [0.29, 0.717) is 22.7 Å². The number of pyridine rings is 1. The lowest BCUT2D eigenvalue weighted by Crippen LogP contribution is -2.13. The van der Waals surface area contributed by atoms with Crippen LogP contribution < -0.4 is 5.32 Å². The summed E-state index contributed by atoms with van der Waals surface area (Å²) in [7, 11) is 1.29. The SMILES string of the molecule is COC(=O)CCC(=O)Nc1ccc2nc(-c3ccncc3)oc2c1. The van der Waals surface area contributed by atoms with E-state index in [2.05, 4.69) is 20.0 Å². The van der Waals surface area contributed by atoms with Gasteiger partial charge in [0.15, 0.2) is 5.58 Å². The summed E-state index contributed by atoms with van der Waals surface area (Å²) in [6, 6.07) is 8.81. The summed E-state index contributed by atoms with van der Waals surface area (Å²) in [5, 5.41) is 2.72. The monoisotopic (exact) mass is 325 g/mol. The molecule has 0 bridgehead atoms. The first-order valence-electron chi connectivity index (χ1n) is 7.33. The maximum atomic E-state index is 11.8. The Balaban J connectivity index is 1.74. The van der Waals surface area contributed by atoms with Crippen molar-refractivity contribution in [2.75, 3.05) is 12.4 Å². The average Bonchev–Trinajstić information content (AvgIpc) is 3.03. The molecular weight excluding hydrogens is 310 g/mol. The maximum absolute atomic E-state index is 11.8. The summed E-state index contributed by atoms with van der Waals surface area (Å²) in [5.74, 6) is -0.201. The molecule has 0 atom stereocenters. The van der Waals surface area contributed by atoms with Gasteiger partial charge in [-0.15, -0.1) is 0 Å². The van der Waals surface area contributed by atoms with Crippen LogP contribution in [0.25, 0.3) is 22.6 Å². The van der Waals surface area contributed by atoms with E-state index in [-0.39, 0.29) is 18.7 Å². The topological polar surface area (TPSA) is 94.3 Å². The minimum atomic E-state index is -0.419. The molecule has 7 heteroatoms. The van der Waals surface area contributed by atoms with E-state index < -0.39 is 5.97 Å². The number of nitrogens with one attached hydrogen (secondary N) is 1. The fraction of sp³-hybridized carbons (Fsp3) is 0.176. The van der Waals surface area contributed by atoms with Gasteiger partial charge in [0.1, 0.15) is 5.52 Å². The highest BCUT2D eigenvalue weighted by atomic mass is 16.5. The second-order valence-electron chi connectivity index (χ2n) is 5.06. The van der Waals surface area contributed by atoms with Crippen LogP contribution in [-0.2, 0) is 14.3 Å². The number of carbonyl (C=O) groups excluding carboxylic acids is 2. The molecule has 7 nitrogen and oxygen atoms in total. The predicted octanol–water partition coefficient (Wildman–Crippen LogP) is 2.78. The number of benzene rings is 1. The lowest BCUT2D eigenvalue weighted by molar-refractivity contribution is -0.141. The third-order valence-electron chi connectivity index (χ3n) is 3.38. The zero-order chi connectivity index (χ0) is 16.9. The van der Waals surface area contributed by atoms with Crippen molar-refractivity contribution < 1.29 is 18.7 Å². The van der Waals surface area contributed by atoms with Gasteiger partial charge in [-0.3, -0.25) is 14.6 Å². The normalized spacial score (nSPS) is 10.5. The second-order valence-corrected chi connectivity index (χ2v) is 5.06. The average molecular weight is 325 g/mol. The van der Waals surface area contributed by atoms with Crippen molar-refractivity contribution >= 4 is 28.7 Å². The number of oxazole rings is 1. The Bertz CT molecular complexity index is 874. The first-order valence-corrected chi connectivity index (χ1v) is 7.33. The number of methoxy groups -OCH3 is 1. The molecule has 3 aromatic rings. The summed E-state index contributed by atoms with van der Waals surface area (Å²) < 4.78 is 10.2. The number of rotatable bonds is 5. The van der Waals surface area contributed by atoms with E-state index in [9.17, 15) is 9.59 Å². The van der Waals surface area contributed by atoms with Crippen LogP contribution in [0, 0.1) is 0 Å². The quantitative estimate of drug-likeness (QED) is 0.725. The molecule has 0 radical (unpaired) electrons. The van der Waals surface area contributed by atoms with E-state index in [0.717, 1.165) is 5.56 Å². The number of hydrogen-bond acceptors (Lipinski definition) is 6. The lowest BCUT2D eigenvalue weighted by atomic mass is 10.2. The van der Waals surface area contributed by atoms with E-state index >= 15 is 0 Å². The van der Waals surface area contributed by atoms with Gasteiger partial charge in [0.25, 0.3) is 0 Å². The lowest BCUT2D eigenvalue weighted by Gasteiger charge is -2.04. The van der Waals surface area contributed by atoms with Crippen LogP contribution >= 0.6 is 0 Å². The van der Waals surface area contributed by atoms with Gasteiger partial charge >= 0.3 is 5.97 Å². The van der Waals surface area contributed by atoms with Crippen molar-refractivity contribution in [2.45, 2.75) is 12.8 Å². The van der Waals surface area contributed by atoms with Crippen molar-refractivity contribution in [3.63, 3.8) is 0 Å². The second kappa shape index (κ2) is 6.91. The Hall–Kier alpha value is -3.22. The highest BCUT2D eigenvalue weighted by molar-refractivity contribution is 5.94. The van der Waals surface area contributed by atoms with Gasteiger partial charge in [-0.2, -0.15) is 0 Å². The van der Waals surface area contributed by atoms with Crippen LogP contribution in [0.4, 0.5) is 5.69 Å². The van der Waals surface area contributed by atoms with Crippen molar-refractivity contribution in [3.05, 3.63) is 42.7 Å². The molecule has 2 aromatic heterocycles. The standard InChI is InChI=1S/C17H15N3O4/c1-23-16(22)5-4-15(21)19-12-2-3-13-14(10-12)24-17(20-13)11-6-8-18-9-7-11/h2-3,6-10H,4-5H2,1H3,(H,19,21). The van der Waals surface area contributed by atoms with Crippen molar-refractivity contribution in [1.82, 2.24) is 9.97 Å². The summed E-state index contributed by atoms with van der Waals surface area (Å²) >= 11 is 0. The fourth-order valence-corrected chi connectivity index (χ4v) is 2.16.